The monoisotopic (exact) mass is 390 g/mol. The number of ether oxygens (including phenoxy) is 1. The molecule has 0 aliphatic carbocycles. The molecule has 0 bridgehead atoms. The Kier molecular flexibility index (Phi) is 5.49. The fourth-order valence-corrected chi connectivity index (χ4v) is 4.19. The number of carbonyl (C=O) groups excluding carboxylic acids is 2. The van der Waals surface area contributed by atoms with Gasteiger partial charge in [0, 0.05) is 12.1 Å². The van der Waals surface area contributed by atoms with E-state index < -0.39 is 0 Å². The standard InChI is InChI=1S/C24H26N2O3/c1-16(27)15-26-22-11-7-6-8-18(22)12-13-20(24(26)28)25-21-14-23(29-17(21)2)19-9-4-3-5-10-19/h3-11,20-21,23,25H,2,12-15H2,1H3/t20-,21?,23?/m0/s1. The molecule has 150 valence electrons. The number of benzene rings is 2. The molecular formula is C24H26N2O3. The van der Waals surface area contributed by atoms with Crippen molar-refractivity contribution in [3.63, 3.8) is 0 Å². The van der Waals surface area contributed by atoms with Gasteiger partial charge in [-0.2, -0.15) is 0 Å². The van der Waals surface area contributed by atoms with Gasteiger partial charge in [0.05, 0.1) is 18.6 Å². The van der Waals surface area contributed by atoms with Crippen LogP contribution in [0.5, 0.6) is 0 Å². The predicted molar refractivity (Wildman–Crippen MR) is 113 cm³/mol. The number of hydrogen-bond donors (Lipinski definition) is 1. The molecule has 1 N–H and O–H groups in total. The third-order valence-electron chi connectivity index (χ3n) is 5.64. The molecule has 0 radical (unpaired) electrons. The van der Waals surface area contributed by atoms with E-state index in [9.17, 15) is 9.59 Å². The van der Waals surface area contributed by atoms with Gasteiger partial charge in [-0.05, 0) is 37.0 Å². The van der Waals surface area contributed by atoms with Crippen LogP contribution in [0.4, 0.5) is 5.69 Å². The van der Waals surface area contributed by atoms with Gasteiger partial charge in [-0.1, -0.05) is 55.1 Å². The minimum atomic E-state index is -0.387. The van der Waals surface area contributed by atoms with Crippen LogP contribution < -0.4 is 10.2 Å². The smallest absolute Gasteiger partial charge is 0.244 e. The number of nitrogens with one attached hydrogen (secondary N) is 1. The first-order chi connectivity index (χ1) is 14.0. The highest BCUT2D eigenvalue weighted by molar-refractivity contribution is 6.02. The highest BCUT2D eigenvalue weighted by Gasteiger charge is 2.37. The van der Waals surface area contributed by atoms with Gasteiger partial charge in [-0.3, -0.25) is 14.9 Å². The summed E-state index contributed by atoms with van der Waals surface area (Å²) >= 11 is 0. The minimum absolute atomic E-state index is 0.0356. The third kappa shape index (κ3) is 4.10. The lowest BCUT2D eigenvalue weighted by atomic mass is 10.0. The van der Waals surface area contributed by atoms with Crippen LogP contribution in [0, 0.1) is 0 Å². The Morgan fingerprint density at radius 2 is 1.86 bits per heavy atom. The summed E-state index contributed by atoms with van der Waals surface area (Å²) in [6.07, 6.45) is 2.11. The Morgan fingerprint density at radius 3 is 2.62 bits per heavy atom. The predicted octanol–water partition coefficient (Wildman–Crippen LogP) is 3.56. The van der Waals surface area contributed by atoms with Gasteiger partial charge >= 0.3 is 0 Å². The molecule has 2 aromatic carbocycles. The van der Waals surface area contributed by atoms with Gasteiger partial charge in [-0.25, -0.2) is 0 Å². The average Bonchev–Trinajstić information content (AvgIpc) is 3.04. The highest BCUT2D eigenvalue weighted by atomic mass is 16.5. The zero-order valence-electron chi connectivity index (χ0n) is 16.6. The molecule has 5 nitrogen and oxygen atoms in total. The van der Waals surface area contributed by atoms with E-state index >= 15 is 0 Å². The zero-order chi connectivity index (χ0) is 20.4. The van der Waals surface area contributed by atoms with Crippen LogP contribution in [-0.4, -0.2) is 30.3 Å². The van der Waals surface area contributed by atoms with Gasteiger partial charge in [0.2, 0.25) is 5.91 Å². The summed E-state index contributed by atoms with van der Waals surface area (Å²) < 4.78 is 5.99. The second-order valence-electron chi connectivity index (χ2n) is 7.78. The molecule has 0 aromatic heterocycles. The Balaban J connectivity index is 1.52. The first-order valence-electron chi connectivity index (χ1n) is 10.1. The van der Waals surface area contributed by atoms with E-state index in [0.717, 1.165) is 29.7 Å². The van der Waals surface area contributed by atoms with Crippen molar-refractivity contribution in [2.45, 2.75) is 44.4 Å². The third-order valence-corrected chi connectivity index (χ3v) is 5.64. The molecular weight excluding hydrogens is 364 g/mol. The molecule has 0 saturated carbocycles. The molecule has 2 unspecified atom stereocenters. The molecule has 2 aliphatic heterocycles. The van der Waals surface area contributed by atoms with Gasteiger partial charge in [0.25, 0.3) is 0 Å². The fourth-order valence-electron chi connectivity index (χ4n) is 4.19. The summed E-state index contributed by atoms with van der Waals surface area (Å²) in [5.41, 5.74) is 3.03. The van der Waals surface area contributed by atoms with Crippen molar-refractivity contribution < 1.29 is 14.3 Å². The normalized spacial score (nSPS) is 24.0. The number of fused-ring (bicyclic) bond motifs is 1. The molecule has 2 heterocycles. The van der Waals surface area contributed by atoms with Gasteiger partial charge in [0.1, 0.15) is 17.6 Å². The second kappa shape index (κ2) is 8.21. The van der Waals surface area contributed by atoms with Gasteiger partial charge in [-0.15, -0.1) is 0 Å². The molecule has 29 heavy (non-hydrogen) atoms. The number of amides is 1. The summed E-state index contributed by atoms with van der Waals surface area (Å²) in [6, 6.07) is 17.4. The quantitative estimate of drug-likeness (QED) is 0.848. The Hall–Kier alpha value is -2.92. The first kappa shape index (κ1) is 19.4. The summed E-state index contributed by atoms with van der Waals surface area (Å²) in [5, 5.41) is 3.47. The van der Waals surface area contributed by atoms with Crippen LogP contribution in [-0.2, 0) is 20.7 Å². The van der Waals surface area contributed by atoms with E-state index in [1.807, 2.05) is 54.6 Å². The van der Waals surface area contributed by atoms with Crippen molar-refractivity contribution in [2.24, 2.45) is 0 Å². The largest absolute Gasteiger partial charge is 0.489 e. The SMILES string of the molecule is C=C1OC(c2ccccc2)CC1N[C@H]1CCc2ccccc2N(CC(C)=O)C1=O. The zero-order valence-corrected chi connectivity index (χ0v) is 16.6. The Labute approximate surface area is 171 Å². The molecule has 3 atom stereocenters. The van der Waals surface area contributed by atoms with Crippen LogP contribution >= 0.6 is 0 Å². The lowest BCUT2D eigenvalue weighted by molar-refractivity contribution is -0.123. The summed E-state index contributed by atoms with van der Waals surface area (Å²) in [4.78, 5) is 26.8. The van der Waals surface area contributed by atoms with Crippen LogP contribution in [0.1, 0.15) is 37.0 Å². The van der Waals surface area contributed by atoms with Gasteiger partial charge < -0.3 is 9.64 Å². The van der Waals surface area contributed by atoms with Crippen molar-refractivity contribution in [1.29, 1.82) is 0 Å². The molecule has 2 aromatic rings. The van der Waals surface area contributed by atoms with E-state index in [1.54, 1.807) is 4.90 Å². The number of aryl methyl sites for hydroxylation is 1. The van der Waals surface area contributed by atoms with E-state index in [0.29, 0.717) is 12.2 Å². The number of carbonyl (C=O) groups is 2. The van der Waals surface area contributed by atoms with Crippen molar-refractivity contribution >= 4 is 17.4 Å². The average molecular weight is 390 g/mol. The van der Waals surface area contributed by atoms with E-state index in [4.69, 9.17) is 4.74 Å². The topological polar surface area (TPSA) is 58.6 Å². The van der Waals surface area contributed by atoms with Crippen LogP contribution in [0.2, 0.25) is 0 Å². The van der Waals surface area contributed by atoms with Crippen molar-refractivity contribution in [1.82, 2.24) is 5.32 Å². The first-order valence-corrected chi connectivity index (χ1v) is 10.1. The second-order valence-corrected chi connectivity index (χ2v) is 7.78. The number of ketones is 1. The maximum absolute atomic E-state index is 13.3. The molecule has 5 heteroatoms. The van der Waals surface area contributed by atoms with Crippen LogP contribution in [0.15, 0.2) is 66.9 Å². The van der Waals surface area contributed by atoms with E-state index in [1.165, 1.54) is 6.92 Å². The number of para-hydroxylation sites is 1. The van der Waals surface area contributed by atoms with Crippen molar-refractivity contribution in [2.75, 3.05) is 11.4 Å². The molecule has 1 amide bonds. The lowest BCUT2D eigenvalue weighted by Gasteiger charge is -2.26. The summed E-state index contributed by atoms with van der Waals surface area (Å²) in [5.74, 6) is 0.555. The van der Waals surface area contributed by atoms with E-state index in [-0.39, 0.29) is 36.4 Å². The molecule has 0 spiro atoms. The number of hydrogen-bond acceptors (Lipinski definition) is 4. The molecule has 4 rings (SSSR count). The number of Topliss-reactive ketones (excluding diaryl/α,β-unsaturated/α-hetero) is 1. The molecule has 1 fully saturated rings. The summed E-state index contributed by atoms with van der Waals surface area (Å²) in [7, 11) is 0. The minimum Gasteiger partial charge on any atom is -0.489 e. The Morgan fingerprint density at radius 1 is 1.14 bits per heavy atom. The molecule has 2 aliphatic rings. The maximum atomic E-state index is 13.3. The van der Waals surface area contributed by atoms with Crippen LogP contribution in [0.3, 0.4) is 0 Å². The number of rotatable bonds is 5. The van der Waals surface area contributed by atoms with E-state index in [2.05, 4.69) is 11.9 Å². The van der Waals surface area contributed by atoms with Crippen LogP contribution in [0.25, 0.3) is 0 Å². The van der Waals surface area contributed by atoms with Crippen molar-refractivity contribution in [3.05, 3.63) is 78.1 Å². The number of nitrogens with zero attached hydrogens (tertiary/aromatic N) is 1. The fraction of sp³-hybridized carbons (Fsp3) is 0.333. The maximum Gasteiger partial charge on any atom is 0.244 e. The molecule has 1 saturated heterocycles. The number of anilines is 1. The lowest BCUT2D eigenvalue weighted by Crippen LogP contribution is -2.50. The highest BCUT2D eigenvalue weighted by Crippen LogP contribution is 2.35. The Bertz CT molecular complexity index is 925. The van der Waals surface area contributed by atoms with Gasteiger partial charge in [0.15, 0.2) is 0 Å². The van der Waals surface area contributed by atoms with Crippen molar-refractivity contribution in [3.8, 4) is 0 Å². The summed E-state index contributed by atoms with van der Waals surface area (Å²) in [6.45, 7) is 5.67.